The van der Waals surface area contributed by atoms with E-state index in [1.54, 1.807) is 0 Å². The molecular weight excluding hydrogens is 270 g/mol. The molecule has 1 N–H and O–H groups in total. The number of nitrogens with one attached hydrogen (secondary N) is 1. The van der Waals surface area contributed by atoms with Crippen LogP contribution in [0.2, 0.25) is 0 Å². The van der Waals surface area contributed by atoms with E-state index in [4.69, 9.17) is 9.26 Å². The van der Waals surface area contributed by atoms with Crippen LogP contribution in [-0.4, -0.2) is 35.3 Å². The molecule has 0 unspecified atom stereocenters. The molecule has 3 rings (SSSR count). The van der Waals surface area contributed by atoms with Crippen LogP contribution in [0.1, 0.15) is 62.6 Å². The number of carbonyl (C=O) groups is 1. The van der Waals surface area contributed by atoms with Gasteiger partial charge in [0.05, 0.1) is 6.42 Å². The lowest BCUT2D eigenvalue weighted by Gasteiger charge is -2.22. The first-order valence-corrected chi connectivity index (χ1v) is 8.01. The highest BCUT2D eigenvalue weighted by molar-refractivity contribution is 5.78. The van der Waals surface area contributed by atoms with Gasteiger partial charge in [-0.2, -0.15) is 4.98 Å². The highest BCUT2D eigenvalue weighted by atomic mass is 16.5. The summed E-state index contributed by atoms with van der Waals surface area (Å²) in [5.74, 6) is 1.42. The maximum Gasteiger partial charge on any atom is 0.229 e. The minimum atomic E-state index is 0.00114. The van der Waals surface area contributed by atoms with Crippen molar-refractivity contribution in [1.82, 2.24) is 15.5 Å². The summed E-state index contributed by atoms with van der Waals surface area (Å²) in [6, 6.07) is 0.327. The second kappa shape index (κ2) is 7.02. The van der Waals surface area contributed by atoms with Crippen molar-refractivity contribution in [3.05, 3.63) is 11.7 Å². The minimum Gasteiger partial charge on any atom is -0.381 e. The zero-order valence-corrected chi connectivity index (χ0v) is 12.3. The van der Waals surface area contributed by atoms with Gasteiger partial charge >= 0.3 is 0 Å². The van der Waals surface area contributed by atoms with Gasteiger partial charge in [-0.05, 0) is 25.7 Å². The molecule has 1 aromatic rings. The van der Waals surface area contributed by atoms with Crippen molar-refractivity contribution >= 4 is 5.91 Å². The molecule has 1 aliphatic heterocycles. The highest BCUT2D eigenvalue weighted by Gasteiger charge is 2.23. The fourth-order valence-corrected chi connectivity index (χ4v) is 3.12. The van der Waals surface area contributed by atoms with E-state index in [0.717, 1.165) is 38.9 Å². The Balaban J connectivity index is 1.50. The van der Waals surface area contributed by atoms with E-state index >= 15 is 0 Å². The molecule has 0 radical (unpaired) electrons. The van der Waals surface area contributed by atoms with Gasteiger partial charge in [0.15, 0.2) is 5.82 Å². The number of hydrogen-bond donors (Lipinski definition) is 1. The molecule has 0 spiro atoms. The van der Waals surface area contributed by atoms with E-state index < -0.39 is 0 Å². The first-order chi connectivity index (χ1) is 10.3. The van der Waals surface area contributed by atoms with Gasteiger partial charge in [0.1, 0.15) is 0 Å². The fraction of sp³-hybridized carbons (Fsp3) is 0.800. The average Bonchev–Trinajstić information content (AvgIpc) is 2.97. The third-order valence-electron chi connectivity index (χ3n) is 4.34. The number of ether oxygens (including phenoxy) is 1. The first kappa shape index (κ1) is 14.5. The van der Waals surface area contributed by atoms with Gasteiger partial charge in [0.25, 0.3) is 0 Å². The van der Waals surface area contributed by atoms with Crippen LogP contribution in [0.3, 0.4) is 0 Å². The Hall–Kier alpha value is -1.43. The summed E-state index contributed by atoms with van der Waals surface area (Å²) in [6.45, 7) is 1.48. The Morgan fingerprint density at radius 2 is 1.90 bits per heavy atom. The summed E-state index contributed by atoms with van der Waals surface area (Å²) in [7, 11) is 0. The van der Waals surface area contributed by atoms with Crippen LogP contribution in [0.4, 0.5) is 0 Å². The maximum absolute atomic E-state index is 12.0. The summed E-state index contributed by atoms with van der Waals surface area (Å²) in [5.41, 5.74) is 0. The molecule has 1 aromatic heterocycles. The molecule has 2 fully saturated rings. The smallest absolute Gasteiger partial charge is 0.229 e. The van der Waals surface area contributed by atoms with Crippen LogP contribution < -0.4 is 5.32 Å². The van der Waals surface area contributed by atoms with Crippen LogP contribution in [0.5, 0.6) is 0 Å². The van der Waals surface area contributed by atoms with E-state index in [0.29, 0.717) is 17.8 Å². The number of nitrogens with zero attached hydrogens (tertiary/aromatic N) is 2. The molecule has 2 aliphatic rings. The van der Waals surface area contributed by atoms with E-state index in [9.17, 15) is 4.79 Å². The Morgan fingerprint density at radius 3 is 2.67 bits per heavy atom. The molecular formula is C15H23N3O3. The van der Waals surface area contributed by atoms with Gasteiger partial charge in [-0.25, -0.2) is 0 Å². The van der Waals surface area contributed by atoms with Crippen LogP contribution in [0.15, 0.2) is 4.52 Å². The molecule has 2 heterocycles. The molecule has 1 aliphatic carbocycles. The molecule has 1 saturated carbocycles. The van der Waals surface area contributed by atoms with Crippen LogP contribution in [0.25, 0.3) is 0 Å². The van der Waals surface area contributed by atoms with Gasteiger partial charge in [0, 0.05) is 25.2 Å². The Bertz CT molecular complexity index is 462. The molecule has 1 saturated heterocycles. The number of amides is 1. The lowest BCUT2D eigenvalue weighted by molar-refractivity contribution is -0.121. The van der Waals surface area contributed by atoms with Crippen molar-refractivity contribution in [3.8, 4) is 0 Å². The molecule has 6 nitrogen and oxygen atoms in total. The third kappa shape index (κ3) is 4.03. The van der Waals surface area contributed by atoms with Gasteiger partial charge in [-0.1, -0.05) is 24.4 Å². The molecule has 0 atom stereocenters. The van der Waals surface area contributed by atoms with Crippen molar-refractivity contribution < 1.29 is 14.1 Å². The SMILES string of the molecule is O=C(Cc1noc(C2CCOCC2)n1)NC1CCCCC1. The van der Waals surface area contributed by atoms with Crippen molar-refractivity contribution in [2.24, 2.45) is 0 Å². The maximum atomic E-state index is 12.0. The van der Waals surface area contributed by atoms with Gasteiger partial charge in [0.2, 0.25) is 11.8 Å². The van der Waals surface area contributed by atoms with Crippen LogP contribution in [-0.2, 0) is 16.0 Å². The summed E-state index contributed by atoms with van der Waals surface area (Å²) in [6.07, 6.45) is 7.92. The summed E-state index contributed by atoms with van der Waals surface area (Å²) < 4.78 is 10.6. The second-order valence-electron chi connectivity index (χ2n) is 6.01. The Labute approximate surface area is 124 Å². The summed E-state index contributed by atoms with van der Waals surface area (Å²) in [4.78, 5) is 16.4. The minimum absolute atomic E-state index is 0.00114. The average molecular weight is 293 g/mol. The fourth-order valence-electron chi connectivity index (χ4n) is 3.12. The number of carbonyl (C=O) groups excluding carboxylic acids is 1. The third-order valence-corrected chi connectivity index (χ3v) is 4.34. The number of rotatable bonds is 4. The van der Waals surface area contributed by atoms with E-state index in [2.05, 4.69) is 15.5 Å². The standard InChI is InChI=1S/C15H23N3O3/c19-14(16-12-4-2-1-3-5-12)10-13-17-15(21-18-13)11-6-8-20-9-7-11/h11-12H,1-10H2,(H,16,19). The van der Waals surface area contributed by atoms with Crippen molar-refractivity contribution in [2.45, 2.75) is 63.3 Å². The van der Waals surface area contributed by atoms with Crippen molar-refractivity contribution in [3.63, 3.8) is 0 Å². The molecule has 0 aromatic carbocycles. The van der Waals surface area contributed by atoms with Gasteiger partial charge in [-0.3, -0.25) is 4.79 Å². The predicted octanol–water partition coefficient (Wildman–Crippen LogP) is 1.95. The topological polar surface area (TPSA) is 77.2 Å². The molecule has 116 valence electrons. The molecule has 6 heteroatoms. The van der Waals surface area contributed by atoms with Crippen LogP contribution in [0, 0.1) is 0 Å². The molecule has 1 amide bonds. The van der Waals surface area contributed by atoms with Gasteiger partial charge in [-0.15, -0.1) is 0 Å². The van der Waals surface area contributed by atoms with Crippen molar-refractivity contribution in [2.75, 3.05) is 13.2 Å². The Morgan fingerprint density at radius 1 is 1.14 bits per heavy atom. The predicted molar refractivity (Wildman–Crippen MR) is 75.8 cm³/mol. The summed E-state index contributed by atoms with van der Waals surface area (Å²) in [5, 5.41) is 7.01. The van der Waals surface area contributed by atoms with E-state index in [1.165, 1.54) is 19.3 Å². The zero-order chi connectivity index (χ0) is 14.5. The quantitative estimate of drug-likeness (QED) is 0.918. The van der Waals surface area contributed by atoms with Crippen molar-refractivity contribution in [1.29, 1.82) is 0 Å². The Kier molecular flexibility index (Phi) is 4.85. The van der Waals surface area contributed by atoms with E-state index in [-0.39, 0.29) is 18.2 Å². The summed E-state index contributed by atoms with van der Waals surface area (Å²) >= 11 is 0. The van der Waals surface area contributed by atoms with Crippen LogP contribution >= 0.6 is 0 Å². The zero-order valence-electron chi connectivity index (χ0n) is 12.3. The molecule has 0 bridgehead atoms. The lowest BCUT2D eigenvalue weighted by Crippen LogP contribution is -2.37. The lowest BCUT2D eigenvalue weighted by atomic mass is 9.95. The van der Waals surface area contributed by atoms with Gasteiger partial charge < -0.3 is 14.6 Å². The molecule has 21 heavy (non-hydrogen) atoms. The normalized spacial score (nSPS) is 21.3. The first-order valence-electron chi connectivity index (χ1n) is 8.01. The van der Waals surface area contributed by atoms with E-state index in [1.807, 2.05) is 0 Å². The number of aromatic nitrogens is 2. The monoisotopic (exact) mass is 293 g/mol. The largest absolute Gasteiger partial charge is 0.381 e. The number of hydrogen-bond acceptors (Lipinski definition) is 5. The second-order valence-corrected chi connectivity index (χ2v) is 6.01. The highest BCUT2D eigenvalue weighted by Crippen LogP contribution is 2.25.